The molecule has 0 aliphatic rings. The average molecular weight is 459 g/mol. The van der Waals surface area contributed by atoms with E-state index in [9.17, 15) is 9.59 Å². The van der Waals surface area contributed by atoms with Gasteiger partial charge < -0.3 is 0 Å². The second kappa shape index (κ2) is 11.3. The minimum atomic E-state index is -0.189. The number of thiophene rings is 2. The predicted octanol–water partition coefficient (Wildman–Crippen LogP) is 5.06. The van der Waals surface area contributed by atoms with Crippen molar-refractivity contribution in [2.75, 3.05) is 0 Å². The van der Waals surface area contributed by atoms with E-state index < -0.39 is 0 Å². The molecule has 0 spiro atoms. The molecule has 0 atom stereocenters. The summed E-state index contributed by atoms with van der Waals surface area (Å²) in [5.74, 6) is -0.378. The van der Waals surface area contributed by atoms with E-state index in [1.807, 2.05) is 12.1 Å². The van der Waals surface area contributed by atoms with Gasteiger partial charge in [-0.25, -0.2) is 10.9 Å². The molecule has 2 heterocycles. The molecule has 6 nitrogen and oxygen atoms in total. The molecule has 2 aromatic heterocycles. The van der Waals surface area contributed by atoms with E-state index in [-0.39, 0.29) is 11.8 Å². The molecule has 28 heavy (non-hydrogen) atoms. The van der Waals surface area contributed by atoms with Crippen molar-refractivity contribution in [1.82, 2.24) is 10.9 Å². The molecule has 0 radical (unpaired) electrons. The van der Waals surface area contributed by atoms with Crippen LogP contribution in [0.25, 0.3) is 0 Å². The lowest BCUT2D eigenvalue weighted by atomic mass is 10.2. The molecule has 2 rings (SSSR count). The van der Waals surface area contributed by atoms with Gasteiger partial charge in [-0.2, -0.15) is 10.2 Å². The van der Waals surface area contributed by atoms with E-state index in [1.54, 1.807) is 26.0 Å². The van der Waals surface area contributed by atoms with Crippen LogP contribution in [0, 0.1) is 0 Å². The third-order valence-electron chi connectivity index (χ3n) is 3.61. The molecule has 0 aromatic carbocycles. The fourth-order valence-corrected chi connectivity index (χ4v) is 4.08. The first-order valence-corrected chi connectivity index (χ1v) is 10.9. The van der Waals surface area contributed by atoms with Crippen molar-refractivity contribution in [3.8, 4) is 0 Å². The van der Waals surface area contributed by atoms with Crippen LogP contribution in [0.2, 0.25) is 8.67 Å². The predicted molar refractivity (Wildman–Crippen MR) is 118 cm³/mol. The number of hydrazone groups is 2. The number of halogens is 2. The zero-order chi connectivity index (χ0) is 20.5. The summed E-state index contributed by atoms with van der Waals surface area (Å²) in [6, 6.07) is 7.28. The molecule has 2 amide bonds. The number of carbonyl (C=O) groups is 2. The Balaban J connectivity index is 1.63. The summed E-state index contributed by atoms with van der Waals surface area (Å²) >= 11 is 14.6. The summed E-state index contributed by atoms with van der Waals surface area (Å²) in [6.45, 7) is 3.61. The van der Waals surface area contributed by atoms with Crippen LogP contribution < -0.4 is 10.9 Å². The minimum absolute atomic E-state index is 0.189. The molecule has 0 aliphatic heterocycles. The Labute approximate surface area is 181 Å². The van der Waals surface area contributed by atoms with Crippen LogP contribution in [-0.4, -0.2) is 23.2 Å². The van der Waals surface area contributed by atoms with Gasteiger partial charge in [0.15, 0.2) is 0 Å². The first-order chi connectivity index (χ1) is 13.3. The van der Waals surface area contributed by atoms with Gasteiger partial charge in [0, 0.05) is 12.8 Å². The van der Waals surface area contributed by atoms with Crippen LogP contribution in [0.1, 0.15) is 49.3 Å². The van der Waals surface area contributed by atoms with Gasteiger partial charge >= 0.3 is 0 Å². The molecular weight excluding hydrogens is 439 g/mol. The number of nitrogens with one attached hydrogen (secondary N) is 2. The number of rotatable bonds is 9. The van der Waals surface area contributed by atoms with Gasteiger partial charge in [-0.3, -0.25) is 9.59 Å². The van der Waals surface area contributed by atoms with E-state index in [2.05, 4.69) is 21.1 Å². The van der Waals surface area contributed by atoms with Gasteiger partial charge in [-0.1, -0.05) is 23.2 Å². The fraction of sp³-hybridized carbons (Fsp3) is 0.333. The Hall–Kier alpha value is -1.74. The molecule has 0 saturated carbocycles. The number of hydrogen-bond acceptors (Lipinski definition) is 6. The van der Waals surface area contributed by atoms with Crippen LogP contribution in [0.15, 0.2) is 34.5 Å². The van der Waals surface area contributed by atoms with Gasteiger partial charge in [0.05, 0.1) is 29.9 Å². The number of unbranched alkanes of at least 4 members (excludes halogenated alkanes) is 1. The van der Waals surface area contributed by atoms with Crippen LogP contribution in [0.4, 0.5) is 0 Å². The van der Waals surface area contributed by atoms with Crippen molar-refractivity contribution in [2.24, 2.45) is 10.2 Å². The molecule has 0 unspecified atom stereocenters. The van der Waals surface area contributed by atoms with Gasteiger partial charge in [0.2, 0.25) is 11.8 Å². The first kappa shape index (κ1) is 22.5. The highest BCUT2D eigenvalue weighted by atomic mass is 35.5. The van der Waals surface area contributed by atoms with Crippen molar-refractivity contribution in [3.05, 3.63) is 42.7 Å². The van der Waals surface area contributed by atoms with Crippen LogP contribution in [-0.2, 0) is 9.59 Å². The Morgan fingerprint density at radius 1 is 0.821 bits per heavy atom. The highest BCUT2D eigenvalue weighted by Gasteiger charge is 2.06. The average Bonchev–Trinajstić information content (AvgIpc) is 3.29. The molecular formula is C18H20Cl2N4O2S2. The largest absolute Gasteiger partial charge is 0.273 e. The summed E-state index contributed by atoms with van der Waals surface area (Å²) in [5.41, 5.74) is 6.44. The molecule has 2 aromatic rings. The van der Waals surface area contributed by atoms with Crippen molar-refractivity contribution in [2.45, 2.75) is 39.5 Å². The topological polar surface area (TPSA) is 82.9 Å². The maximum absolute atomic E-state index is 11.8. The minimum Gasteiger partial charge on any atom is -0.273 e. The zero-order valence-corrected chi connectivity index (χ0v) is 18.6. The summed E-state index contributed by atoms with van der Waals surface area (Å²) in [5, 5.41) is 8.13. The molecule has 0 bridgehead atoms. The van der Waals surface area contributed by atoms with E-state index in [4.69, 9.17) is 23.2 Å². The second-order valence-electron chi connectivity index (χ2n) is 5.88. The number of carbonyl (C=O) groups excluding carboxylic acids is 2. The lowest BCUT2D eigenvalue weighted by Gasteiger charge is -2.03. The van der Waals surface area contributed by atoms with E-state index >= 15 is 0 Å². The van der Waals surface area contributed by atoms with Gasteiger partial charge in [0.25, 0.3) is 0 Å². The molecule has 0 fully saturated rings. The SMILES string of the molecule is C/C(=N\NC(=O)CCCCC(=O)N/N=C(\C)c1ccc(Cl)s1)c1ccc(Cl)s1. The summed E-state index contributed by atoms with van der Waals surface area (Å²) in [7, 11) is 0. The molecule has 150 valence electrons. The Kier molecular flexibility index (Phi) is 9.11. The maximum atomic E-state index is 11.8. The molecule has 0 saturated heterocycles. The zero-order valence-electron chi connectivity index (χ0n) is 15.4. The monoisotopic (exact) mass is 458 g/mol. The lowest BCUT2D eigenvalue weighted by Crippen LogP contribution is -2.20. The summed E-state index contributed by atoms with van der Waals surface area (Å²) in [4.78, 5) is 25.5. The third kappa shape index (κ3) is 7.71. The second-order valence-corrected chi connectivity index (χ2v) is 9.31. The van der Waals surface area contributed by atoms with Crippen LogP contribution in [0.3, 0.4) is 0 Å². The molecule has 0 aliphatic carbocycles. The van der Waals surface area contributed by atoms with Gasteiger partial charge in [0.1, 0.15) is 0 Å². The Morgan fingerprint density at radius 2 is 1.21 bits per heavy atom. The van der Waals surface area contributed by atoms with E-state index in [1.165, 1.54) is 22.7 Å². The highest BCUT2D eigenvalue weighted by molar-refractivity contribution is 7.18. The summed E-state index contributed by atoms with van der Waals surface area (Å²) in [6.07, 6.45) is 1.76. The Bertz CT molecular complexity index is 818. The van der Waals surface area contributed by atoms with Crippen molar-refractivity contribution in [1.29, 1.82) is 0 Å². The number of hydrogen-bond donors (Lipinski definition) is 2. The van der Waals surface area contributed by atoms with Crippen LogP contribution >= 0.6 is 45.9 Å². The van der Waals surface area contributed by atoms with Crippen LogP contribution in [0.5, 0.6) is 0 Å². The molecule has 10 heteroatoms. The standard InChI is InChI=1S/C18H20Cl2N4O2S2/c1-11(13-7-9-15(19)27-13)21-23-17(25)5-3-4-6-18(26)24-22-12(2)14-8-10-16(20)28-14/h7-10H,3-6H2,1-2H3,(H,23,25)(H,24,26)/b21-11+,22-12+. The number of nitrogens with zero attached hydrogens (tertiary/aromatic N) is 2. The number of amides is 2. The van der Waals surface area contributed by atoms with Crippen molar-refractivity contribution in [3.63, 3.8) is 0 Å². The van der Waals surface area contributed by atoms with Crippen molar-refractivity contribution >= 4 is 69.1 Å². The van der Waals surface area contributed by atoms with E-state index in [0.29, 0.717) is 45.8 Å². The van der Waals surface area contributed by atoms with Crippen molar-refractivity contribution < 1.29 is 9.59 Å². The molecule has 2 N–H and O–H groups in total. The quantitative estimate of drug-likeness (QED) is 0.312. The maximum Gasteiger partial charge on any atom is 0.240 e. The van der Waals surface area contributed by atoms with E-state index in [0.717, 1.165) is 9.75 Å². The fourth-order valence-electron chi connectivity index (χ4n) is 2.10. The highest BCUT2D eigenvalue weighted by Crippen LogP contribution is 2.22. The summed E-state index contributed by atoms with van der Waals surface area (Å²) < 4.78 is 1.35. The lowest BCUT2D eigenvalue weighted by molar-refractivity contribution is -0.123. The Morgan fingerprint density at radius 3 is 1.54 bits per heavy atom. The van der Waals surface area contributed by atoms with Gasteiger partial charge in [-0.05, 0) is 51.0 Å². The normalized spacial score (nSPS) is 12.1. The third-order valence-corrected chi connectivity index (χ3v) is 6.29. The smallest absolute Gasteiger partial charge is 0.240 e. The first-order valence-electron chi connectivity index (χ1n) is 8.53. The van der Waals surface area contributed by atoms with Gasteiger partial charge in [-0.15, -0.1) is 22.7 Å².